The predicted octanol–water partition coefficient (Wildman–Crippen LogP) is 3.43. The zero-order valence-corrected chi connectivity index (χ0v) is 12.1. The van der Waals surface area contributed by atoms with Gasteiger partial charge in [-0.2, -0.15) is 0 Å². The number of nitrogens with zero attached hydrogens (tertiary/aromatic N) is 3. The average molecular weight is 278 g/mol. The van der Waals surface area contributed by atoms with Gasteiger partial charge in [-0.15, -0.1) is 6.58 Å². The van der Waals surface area contributed by atoms with E-state index in [1.165, 1.54) is 0 Å². The molecule has 1 aromatic carbocycles. The molecule has 0 bridgehead atoms. The van der Waals surface area contributed by atoms with Crippen molar-refractivity contribution in [2.24, 2.45) is 0 Å². The van der Waals surface area contributed by atoms with Crippen LogP contribution in [0.5, 0.6) is 0 Å². The first-order valence-electron chi connectivity index (χ1n) is 7.06. The third-order valence-corrected chi connectivity index (χ3v) is 3.60. The number of anilines is 1. The van der Waals surface area contributed by atoms with Crippen molar-refractivity contribution in [2.45, 2.75) is 19.9 Å². The van der Waals surface area contributed by atoms with Gasteiger partial charge < -0.3 is 10.3 Å². The number of hydrogen-bond donors (Lipinski definition) is 1. The van der Waals surface area contributed by atoms with Gasteiger partial charge in [0.2, 0.25) is 0 Å². The molecule has 0 spiro atoms. The van der Waals surface area contributed by atoms with E-state index >= 15 is 0 Å². The summed E-state index contributed by atoms with van der Waals surface area (Å²) in [5.41, 5.74) is 9.02. The fourth-order valence-electron chi connectivity index (χ4n) is 2.61. The number of nitrogen functional groups attached to an aromatic ring is 1. The van der Waals surface area contributed by atoms with Crippen LogP contribution in [0, 0.1) is 0 Å². The van der Waals surface area contributed by atoms with E-state index in [-0.39, 0.29) is 0 Å². The van der Waals surface area contributed by atoms with Crippen LogP contribution in [0.25, 0.3) is 22.2 Å². The number of imidazole rings is 1. The number of hydrogen-bond acceptors (Lipinski definition) is 3. The van der Waals surface area contributed by atoms with Crippen molar-refractivity contribution in [1.29, 1.82) is 0 Å². The molecule has 4 nitrogen and oxygen atoms in total. The molecule has 2 heterocycles. The maximum absolute atomic E-state index is 6.31. The predicted molar refractivity (Wildman–Crippen MR) is 87.0 cm³/mol. The van der Waals surface area contributed by atoms with Crippen molar-refractivity contribution in [3.05, 3.63) is 55.0 Å². The summed E-state index contributed by atoms with van der Waals surface area (Å²) in [7, 11) is 0. The zero-order chi connectivity index (χ0) is 14.8. The van der Waals surface area contributed by atoms with Crippen LogP contribution in [-0.2, 0) is 13.0 Å². The molecule has 106 valence electrons. The van der Waals surface area contributed by atoms with Gasteiger partial charge in [0.15, 0.2) is 0 Å². The molecule has 0 radical (unpaired) electrons. The maximum atomic E-state index is 6.31. The summed E-state index contributed by atoms with van der Waals surface area (Å²) in [6, 6.07) is 10.1. The molecule has 3 aromatic rings. The summed E-state index contributed by atoms with van der Waals surface area (Å²) in [4.78, 5) is 9.20. The number of para-hydroxylation sites is 1. The smallest absolute Gasteiger partial charge is 0.132 e. The molecule has 0 amide bonds. The number of nitrogens with two attached hydrogens (primary N) is 1. The molecule has 2 aromatic heterocycles. The highest BCUT2D eigenvalue weighted by Gasteiger charge is 2.16. The minimum Gasteiger partial charge on any atom is -0.383 e. The van der Waals surface area contributed by atoms with E-state index in [2.05, 4.69) is 18.5 Å². The van der Waals surface area contributed by atoms with Gasteiger partial charge in [-0.1, -0.05) is 37.3 Å². The van der Waals surface area contributed by atoms with Gasteiger partial charge in [-0.05, 0) is 6.07 Å². The third-order valence-electron chi connectivity index (χ3n) is 3.60. The lowest BCUT2D eigenvalue weighted by Crippen LogP contribution is -2.05. The zero-order valence-electron chi connectivity index (χ0n) is 12.1. The Kier molecular flexibility index (Phi) is 3.44. The average Bonchev–Trinajstić information content (AvgIpc) is 2.84. The molecule has 0 aliphatic rings. The van der Waals surface area contributed by atoms with Crippen molar-refractivity contribution >= 4 is 16.7 Å². The Morgan fingerprint density at radius 1 is 1.29 bits per heavy atom. The fourth-order valence-corrected chi connectivity index (χ4v) is 2.61. The number of rotatable bonds is 4. The molecule has 0 saturated carbocycles. The highest BCUT2D eigenvalue weighted by Crippen LogP contribution is 2.31. The molecule has 21 heavy (non-hydrogen) atoms. The van der Waals surface area contributed by atoms with E-state index in [1.54, 1.807) is 6.20 Å². The van der Waals surface area contributed by atoms with Crippen molar-refractivity contribution in [3.63, 3.8) is 0 Å². The van der Waals surface area contributed by atoms with Gasteiger partial charge in [0.25, 0.3) is 0 Å². The van der Waals surface area contributed by atoms with Crippen molar-refractivity contribution in [3.8, 4) is 11.3 Å². The fraction of sp³-hybridized carbons (Fsp3) is 0.176. The third kappa shape index (κ3) is 2.18. The SMILES string of the molecule is C=CCn1c(CC)nc(-c2cccc3cccnc23)c1N. The van der Waals surface area contributed by atoms with Crippen LogP contribution in [0.15, 0.2) is 49.2 Å². The number of pyridine rings is 1. The summed E-state index contributed by atoms with van der Waals surface area (Å²) in [5, 5.41) is 1.09. The first-order valence-corrected chi connectivity index (χ1v) is 7.06. The van der Waals surface area contributed by atoms with Crippen LogP contribution >= 0.6 is 0 Å². The van der Waals surface area contributed by atoms with Gasteiger partial charge in [0, 0.05) is 30.1 Å². The highest BCUT2D eigenvalue weighted by atomic mass is 15.1. The second-order valence-corrected chi connectivity index (χ2v) is 4.90. The molecule has 0 aliphatic heterocycles. The molecular formula is C17H18N4. The molecule has 2 N–H and O–H groups in total. The van der Waals surface area contributed by atoms with Crippen molar-refractivity contribution in [2.75, 3.05) is 5.73 Å². The van der Waals surface area contributed by atoms with E-state index in [1.807, 2.05) is 41.0 Å². The van der Waals surface area contributed by atoms with E-state index < -0.39 is 0 Å². The quantitative estimate of drug-likeness (QED) is 0.744. The van der Waals surface area contributed by atoms with Gasteiger partial charge in [-0.3, -0.25) is 4.98 Å². The summed E-state index contributed by atoms with van der Waals surface area (Å²) in [6.45, 7) is 6.53. The Morgan fingerprint density at radius 2 is 2.10 bits per heavy atom. The number of fused-ring (bicyclic) bond motifs is 1. The molecule has 4 heteroatoms. The maximum Gasteiger partial charge on any atom is 0.132 e. The van der Waals surface area contributed by atoms with Crippen LogP contribution in [-0.4, -0.2) is 14.5 Å². The lowest BCUT2D eigenvalue weighted by molar-refractivity contribution is 0.757. The Balaban J connectivity index is 2.26. The second-order valence-electron chi connectivity index (χ2n) is 4.90. The number of aryl methyl sites for hydroxylation is 1. The molecule has 0 atom stereocenters. The van der Waals surface area contributed by atoms with E-state index in [0.717, 1.165) is 34.4 Å². The van der Waals surface area contributed by atoms with Crippen LogP contribution in [0.1, 0.15) is 12.7 Å². The Bertz CT molecular complexity index is 796. The number of aromatic nitrogens is 3. The van der Waals surface area contributed by atoms with E-state index in [4.69, 9.17) is 10.7 Å². The molecule has 3 rings (SSSR count). The lowest BCUT2D eigenvalue weighted by Gasteiger charge is -2.06. The van der Waals surface area contributed by atoms with Crippen LogP contribution in [0.3, 0.4) is 0 Å². The molecule has 0 saturated heterocycles. The van der Waals surface area contributed by atoms with Gasteiger partial charge in [-0.25, -0.2) is 4.98 Å². The van der Waals surface area contributed by atoms with Gasteiger partial charge in [0.1, 0.15) is 17.3 Å². The summed E-state index contributed by atoms with van der Waals surface area (Å²) < 4.78 is 2.00. The minimum absolute atomic E-state index is 0.667. The number of benzene rings is 1. The standard InChI is InChI=1S/C17H18N4/c1-3-11-21-14(4-2)20-16(17(21)18)13-9-5-7-12-8-6-10-19-15(12)13/h3,5-10H,1,4,11,18H2,2H3. The van der Waals surface area contributed by atoms with Gasteiger partial charge >= 0.3 is 0 Å². The second kappa shape index (κ2) is 5.40. The molecule has 0 unspecified atom stereocenters. The first kappa shape index (κ1) is 13.4. The molecule has 0 aliphatic carbocycles. The van der Waals surface area contributed by atoms with Crippen molar-refractivity contribution < 1.29 is 0 Å². The summed E-state index contributed by atoms with van der Waals surface area (Å²) in [5.74, 6) is 1.64. The number of allylic oxidation sites excluding steroid dienone is 1. The van der Waals surface area contributed by atoms with Crippen molar-refractivity contribution in [1.82, 2.24) is 14.5 Å². The minimum atomic E-state index is 0.667. The Hall–Kier alpha value is -2.62. The molecule has 0 fully saturated rings. The Morgan fingerprint density at radius 3 is 2.86 bits per heavy atom. The summed E-state index contributed by atoms with van der Waals surface area (Å²) in [6.07, 6.45) is 4.46. The monoisotopic (exact) mass is 278 g/mol. The Labute approximate surface area is 124 Å². The first-order chi connectivity index (χ1) is 10.3. The lowest BCUT2D eigenvalue weighted by atomic mass is 10.1. The summed E-state index contributed by atoms with van der Waals surface area (Å²) >= 11 is 0. The van der Waals surface area contributed by atoms with Crippen LogP contribution < -0.4 is 5.73 Å². The van der Waals surface area contributed by atoms with E-state index in [9.17, 15) is 0 Å². The topological polar surface area (TPSA) is 56.7 Å². The van der Waals surface area contributed by atoms with Crippen LogP contribution in [0.4, 0.5) is 5.82 Å². The largest absolute Gasteiger partial charge is 0.383 e. The van der Waals surface area contributed by atoms with E-state index in [0.29, 0.717) is 12.4 Å². The normalized spacial score (nSPS) is 10.9. The van der Waals surface area contributed by atoms with Crippen LogP contribution in [0.2, 0.25) is 0 Å². The molecular weight excluding hydrogens is 260 g/mol. The van der Waals surface area contributed by atoms with Gasteiger partial charge in [0.05, 0.1) is 5.52 Å². The highest BCUT2D eigenvalue weighted by molar-refractivity contribution is 5.94.